The predicted molar refractivity (Wildman–Crippen MR) is 74.7 cm³/mol. The van der Waals surface area contributed by atoms with Gasteiger partial charge in [0.25, 0.3) is 0 Å². The van der Waals surface area contributed by atoms with Crippen LogP contribution in [0, 0.1) is 0 Å². The lowest BCUT2D eigenvalue weighted by Crippen LogP contribution is -2.22. The van der Waals surface area contributed by atoms with Gasteiger partial charge in [0, 0.05) is 18.2 Å². The molecule has 0 aliphatic heterocycles. The van der Waals surface area contributed by atoms with Gasteiger partial charge in [-0.25, -0.2) is 0 Å². The third-order valence-corrected chi connectivity index (χ3v) is 3.20. The minimum Gasteiger partial charge on any atom is -0.508 e. The summed E-state index contributed by atoms with van der Waals surface area (Å²) in [5.74, 6) is 0.372. The molecule has 0 fully saturated rings. The van der Waals surface area contributed by atoms with Gasteiger partial charge in [0.1, 0.15) is 5.75 Å². The molecule has 0 aliphatic carbocycles. The van der Waals surface area contributed by atoms with Crippen LogP contribution < -0.4 is 5.32 Å². The van der Waals surface area contributed by atoms with Gasteiger partial charge in [-0.1, -0.05) is 38.0 Å². The molecule has 0 bridgehead atoms. The Balaban J connectivity index is 2.32. The van der Waals surface area contributed by atoms with E-state index in [9.17, 15) is 5.11 Å². The molecule has 3 N–H and O–H groups in total. The molecule has 102 valence electrons. The first-order chi connectivity index (χ1) is 8.79. The molecule has 0 aromatic heterocycles. The van der Waals surface area contributed by atoms with E-state index in [0.29, 0.717) is 12.4 Å². The van der Waals surface area contributed by atoms with Gasteiger partial charge in [0.05, 0.1) is 0 Å². The van der Waals surface area contributed by atoms with E-state index in [2.05, 4.69) is 12.2 Å². The molecule has 0 heterocycles. The van der Waals surface area contributed by atoms with Crippen LogP contribution in [0.25, 0.3) is 0 Å². The van der Waals surface area contributed by atoms with Crippen LogP contribution in [0.3, 0.4) is 0 Å². The van der Waals surface area contributed by atoms with Crippen molar-refractivity contribution in [2.24, 2.45) is 0 Å². The molecule has 0 saturated heterocycles. The molecule has 0 amide bonds. The van der Waals surface area contributed by atoms with Gasteiger partial charge in [0.2, 0.25) is 0 Å². The number of nitrogens with one attached hydrogen (secondary N) is 1. The molecule has 1 aromatic carbocycles. The number of aliphatic hydroxyl groups excluding tert-OH is 1. The van der Waals surface area contributed by atoms with Crippen molar-refractivity contribution < 1.29 is 10.2 Å². The van der Waals surface area contributed by atoms with E-state index in [1.807, 2.05) is 18.2 Å². The molecule has 0 aliphatic rings. The number of hydrogen-bond acceptors (Lipinski definition) is 3. The van der Waals surface area contributed by atoms with Crippen LogP contribution in [0.5, 0.6) is 5.75 Å². The van der Waals surface area contributed by atoms with E-state index in [-0.39, 0.29) is 6.04 Å². The number of aromatic hydroxyl groups is 1. The fourth-order valence-corrected chi connectivity index (χ4v) is 2.12. The third kappa shape index (κ3) is 5.07. The summed E-state index contributed by atoms with van der Waals surface area (Å²) in [6.45, 7) is 3.37. The summed E-state index contributed by atoms with van der Waals surface area (Å²) in [5, 5.41) is 22.0. The highest BCUT2D eigenvalue weighted by Crippen LogP contribution is 2.25. The number of para-hydroxylation sites is 1. The fraction of sp³-hybridized carbons (Fsp3) is 0.600. The standard InChI is InChI=1S/C15H25NO2/c1-2-14(13-9-5-6-10-15(13)18)16-11-7-3-4-8-12-17/h5-6,9-10,14,16-18H,2-4,7-8,11-12H2,1H3. The van der Waals surface area contributed by atoms with Crippen LogP contribution in [-0.4, -0.2) is 23.4 Å². The second-order valence-corrected chi connectivity index (χ2v) is 4.61. The first kappa shape index (κ1) is 15.0. The first-order valence-electron chi connectivity index (χ1n) is 6.91. The Kier molecular flexibility index (Phi) is 7.46. The van der Waals surface area contributed by atoms with Crippen LogP contribution >= 0.6 is 0 Å². The van der Waals surface area contributed by atoms with Crippen molar-refractivity contribution in [1.82, 2.24) is 5.32 Å². The Labute approximate surface area is 110 Å². The number of aliphatic hydroxyl groups is 1. The number of benzene rings is 1. The van der Waals surface area contributed by atoms with E-state index in [1.54, 1.807) is 6.07 Å². The molecule has 3 heteroatoms. The predicted octanol–water partition coefficient (Wildman–Crippen LogP) is 2.99. The lowest BCUT2D eigenvalue weighted by molar-refractivity contribution is 0.282. The number of unbranched alkanes of at least 4 members (excludes halogenated alkanes) is 3. The highest BCUT2D eigenvalue weighted by atomic mass is 16.3. The van der Waals surface area contributed by atoms with Crippen LogP contribution in [0.4, 0.5) is 0 Å². The van der Waals surface area contributed by atoms with Gasteiger partial charge < -0.3 is 15.5 Å². The maximum absolute atomic E-state index is 9.82. The zero-order chi connectivity index (χ0) is 13.2. The Bertz CT molecular complexity index is 328. The Hall–Kier alpha value is -1.06. The molecule has 18 heavy (non-hydrogen) atoms. The van der Waals surface area contributed by atoms with Gasteiger partial charge in [-0.15, -0.1) is 0 Å². The van der Waals surface area contributed by atoms with Crippen molar-refractivity contribution in [3.63, 3.8) is 0 Å². The maximum atomic E-state index is 9.82. The smallest absolute Gasteiger partial charge is 0.120 e. The Morgan fingerprint density at radius 1 is 1.11 bits per heavy atom. The third-order valence-electron chi connectivity index (χ3n) is 3.20. The number of hydrogen-bond donors (Lipinski definition) is 3. The van der Waals surface area contributed by atoms with E-state index in [4.69, 9.17) is 5.11 Å². The summed E-state index contributed by atoms with van der Waals surface area (Å²) in [4.78, 5) is 0. The van der Waals surface area contributed by atoms with Crippen molar-refractivity contribution >= 4 is 0 Å². The number of rotatable bonds is 9. The van der Waals surface area contributed by atoms with E-state index in [1.165, 1.54) is 0 Å². The molecule has 1 atom stereocenters. The van der Waals surface area contributed by atoms with E-state index in [0.717, 1.165) is 44.2 Å². The van der Waals surface area contributed by atoms with Gasteiger partial charge >= 0.3 is 0 Å². The Morgan fingerprint density at radius 2 is 1.83 bits per heavy atom. The molecule has 1 rings (SSSR count). The lowest BCUT2D eigenvalue weighted by atomic mass is 10.0. The number of phenolic OH excluding ortho intramolecular Hbond substituents is 1. The zero-order valence-corrected chi connectivity index (χ0v) is 11.2. The molecule has 0 radical (unpaired) electrons. The van der Waals surface area contributed by atoms with E-state index >= 15 is 0 Å². The second-order valence-electron chi connectivity index (χ2n) is 4.61. The van der Waals surface area contributed by atoms with Gasteiger partial charge in [-0.3, -0.25) is 0 Å². The van der Waals surface area contributed by atoms with Crippen LogP contribution in [0.2, 0.25) is 0 Å². The average molecular weight is 251 g/mol. The van der Waals surface area contributed by atoms with Gasteiger partial charge in [-0.05, 0) is 31.9 Å². The molecular formula is C15H25NO2. The number of phenols is 1. The van der Waals surface area contributed by atoms with Crippen LogP contribution in [0.15, 0.2) is 24.3 Å². The SMILES string of the molecule is CCC(NCCCCCCO)c1ccccc1O. The quantitative estimate of drug-likeness (QED) is 0.591. The molecule has 0 spiro atoms. The molecule has 1 aromatic rings. The van der Waals surface area contributed by atoms with Gasteiger partial charge in [-0.2, -0.15) is 0 Å². The topological polar surface area (TPSA) is 52.5 Å². The minimum absolute atomic E-state index is 0.226. The second kappa shape index (κ2) is 8.95. The highest BCUT2D eigenvalue weighted by molar-refractivity contribution is 5.34. The highest BCUT2D eigenvalue weighted by Gasteiger charge is 2.11. The fourth-order valence-electron chi connectivity index (χ4n) is 2.12. The Morgan fingerprint density at radius 3 is 2.50 bits per heavy atom. The lowest BCUT2D eigenvalue weighted by Gasteiger charge is -2.18. The maximum Gasteiger partial charge on any atom is 0.120 e. The first-order valence-corrected chi connectivity index (χ1v) is 6.91. The summed E-state index contributed by atoms with van der Waals surface area (Å²) >= 11 is 0. The molecular weight excluding hydrogens is 226 g/mol. The van der Waals surface area contributed by atoms with Crippen LogP contribution in [0.1, 0.15) is 50.6 Å². The summed E-state index contributed by atoms with van der Waals surface area (Å²) in [5.41, 5.74) is 0.982. The van der Waals surface area contributed by atoms with Crippen LogP contribution in [-0.2, 0) is 0 Å². The molecule has 0 saturated carbocycles. The molecule has 3 nitrogen and oxygen atoms in total. The van der Waals surface area contributed by atoms with E-state index < -0.39 is 0 Å². The largest absolute Gasteiger partial charge is 0.508 e. The van der Waals surface area contributed by atoms with Crippen molar-refractivity contribution in [1.29, 1.82) is 0 Å². The normalized spacial score (nSPS) is 12.6. The van der Waals surface area contributed by atoms with Crippen molar-refractivity contribution in [3.8, 4) is 5.75 Å². The average Bonchev–Trinajstić information content (AvgIpc) is 2.39. The summed E-state index contributed by atoms with van der Waals surface area (Å²) in [7, 11) is 0. The summed E-state index contributed by atoms with van der Waals surface area (Å²) in [6.07, 6.45) is 5.21. The van der Waals surface area contributed by atoms with Crippen molar-refractivity contribution in [2.45, 2.75) is 45.1 Å². The molecule has 1 unspecified atom stereocenters. The van der Waals surface area contributed by atoms with Crippen molar-refractivity contribution in [3.05, 3.63) is 29.8 Å². The summed E-state index contributed by atoms with van der Waals surface area (Å²) < 4.78 is 0. The zero-order valence-electron chi connectivity index (χ0n) is 11.2. The van der Waals surface area contributed by atoms with Crippen molar-refractivity contribution in [2.75, 3.05) is 13.2 Å². The monoisotopic (exact) mass is 251 g/mol. The summed E-state index contributed by atoms with van der Waals surface area (Å²) in [6, 6.07) is 7.74. The minimum atomic E-state index is 0.226. The van der Waals surface area contributed by atoms with Gasteiger partial charge in [0.15, 0.2) is 0 Å².